The van der Waals surface area contributed by atoms with E-state index in [0.717, 1.165) is 30.7 Å². The van der Waals surface area contributed by atoms with Crippen LogP contribution in [-0.4, -0.2) is 18.6 Å². The lowest BCUT2D eigenvalue weighted by Crippen LogP contribution is -2.30. The summed E-state index contributed by atoms with van der Waals surface area (Å²) in [5, 5.41) is 11.0. The standard InChI is InChI=1S/C16H24N2O3/c1-3-12-4-5-16(9-12,11-17)10-13-6-14(18(19)20)8-15(7-13)21-2/h6-8,12H,3-5,9-11,17H2,1-2H3. The van der Waals surface area contributed by atoms with Crippen LogP contribution in [0.25, 0.3) is 0 Å². The van der Waals surface area contributed by atoms with Crippen LogP contribution in [-0.2, 0) is 6.42 Å². The van der Waals surface area contributed by atoms with Gasteiger partial charge in [0.25, 0.3) is 5.69 Å². The highest BCUT2D eigenvalue weighted by molar-refractivity contribution is 5.43. The van der Waals surface area contributed by atoms with Crippen LogP contribution >= 0.6 is 0 Å². The third-order valence-corrected chi connectivity index (χ3v) is 4.79. The van der Waals surface area contributed by atoms with E-state index in [9.17, 15) is 10.1 Å². The predicted octanol–water partition coefficient (Wildman–Crippen LogP) is 3.30. The van der Waals surface area contributed by atoms with Crippen molar-refractivity contribution >= 4 is 5.69 Å². The van der Waals surface area contributed by atoms with Gasteiger partial charge in [0.2, 0.25) is 0 Å². The Hall–Kier alpha value is -1.62. The number of methoxy groups -OCH3 is 1. The lowest BCUT2D eigenvalue weighted by molar-refractivity contribution is -0.385. The maximum atomic E-state index is 11.0. The molecule has 5 heteroatoms. The van der Waals surface area contributed by atoms with Crippen molar-refractivity contribution in [2.45, 2.75) is 39.0 Å². The van der Waals surface area contributed by atoms with Crippen molar-refractivity contribution < 1.29 is 9.66 Å². The van der Waals surface area contributed by atoms with Gasteiger partial charge in [-0.2, -0.15) is 0 Å². The highest BCUT2D eigenvalue weighted by atomic mass is 16.6. The van der Waals surface area contributed by atoms with E-state index < -0.39 is 0 Å². The average Bonchev–Trinajstić information content (AvgIpc) is 2.90. The summed E-state index contributed by atoms with van der Waals surface area (Å²) in [6.07, 6.45) is 5.40. The van der Waals surface area contributed by atoms with Crippen LogP contribution in [0.15, 0.2) is 18.2 Å². The van der Waals surface area contributed by atoms with Crippen molar-refractivity contribution in [3.63, 3.8) is 0 Å². The first-order chi connectivity index (χ1) is 10.0. The van der Waals surface area contributed by atoms with Crippen molar-refractivity contribution in [2.24, 2.45) is 17.1 Å². The van der Waals surface area contributed by atoms with E-state index in [0.29, 0.717) is 12.3 Å². The molecule has 1 aliphatic carbocycles. The Bertz CT molecular complexity index is 518. The highest BCUT2D eigenvalue weighted by Crippen LogP contribution is 2.45. The van der Waals surface area contributed by atoms with E-state index >= 15 is 0 Å². The number of nitro groups is 1. The first-order valence-electron chi connectivity index (χ1n) is 7.54. The molecule has 0 spiro atoms. The molecule has 5 nitrogen and oxygen atoms in total. The van der Waals surface area contributed by atoms with Crippen LogP contribution in [0.2, 0.25) is 0 Å². The van der Waals surface area contributed by atoms with Gasteiger partial charge in [-0.1, -0.05) is 13.3 Å². The monoisotopic (exact) mass is 292 g/mol. The minimum Gasteiger partial charge on any atom is -0.496 e. The molecule has 2 rings (SSSR count). The number of non-ortho nitro benzene ring substituents is 1. The second kappa shape index (κ2) is 6.43. The normalized spacial score (nSPS) is 25.0. The van der Waals surface area contributed by atoms with Crippen LogP contribution in [0.3, 0.4) is 0 Å². The molecule has 1 fully saturated rings. The van der Waals surface area contributed by atoms with Crippen molar-refractivity contribution in [3.8, 4) is 5.75 Å². The fourth-order valence-corrected chi connectivity index (χ4v) is 3.50. The van der Waals surface area contributed by atoms with Gasteiger partial charge in [-0.25, -0.2) is 0 Å². The zero-order chi connectivity index (χ0) is 15.5. The van der Waals surface area contributed by atoms with Gasteiger partial charge in [-0.15, -0.1) is 0 Å². The second-order valence-electron chi connectivity index (χ2n) is 6.19. The highest BCUT2D eigenvalue weighted by Gasteiger charge is 2.37. The molecule has 21 heavy (non-hydrogen) atoms. The number of nitro benzene ring substituents is 1. The fraction of sp³-hybridized carbons (Fsp3) is 0.625. The number of rotatable bonds is 6. The van der Waals surface area contributed by atoms with Crippen LogP contribution in [0.5, 0.6) is 5.75 Å². The molecule has 0 aliphatic heterocycles. The Morgan fingerprint density at radius 3 is 2.76 bits per heavy atom. The average molecular weight is 292 g/mol. The van der Waals surface area contributed by atoms with Crippen molar-refractivity contribution in [1.29, 1.82) is 0 Å². The number of hydrogen-bond acceptors (Lipinski definition) is 4. The zero-order valence-corrected chi connectivity index (χ0v) is 12.8. The maximum absolute atomic E-state index is 11.0. The molecule has 1 aromatic carbocycles. The Kier molecular flexibility index (Phi) is 4.83. The van der Waals surface area contributed by atoms with Crippen molar-refractivity contribution in [3.05, 3.63) is 33.9 Å². The van der Waals surface area contributed by atoms with Gasteiger partial charge >= 0.3 is 0 Å². The largest absolute Gasteiger partial charge is 0.496 e. The van der Waals surface area contributed by atoms with E-state index in [1.807, 2.05) is 6.07 Å². The number of nitrogens with zero attached hydrogens (tertiary/aromatic N) is 1. The molecule has 0 heterocycles. The molecule has 2 N–H and O–H groups in total. The van der Waals surface area contributed by atoms with Gasteiger partial charge in [0.15, 0.2) is 0 Å². The SMILES string of the molecule is CCC1CCC(CN)(Cc2cc(OC)cc([N+](=O)[O-])c2)C1. The number of hydrogen-bond donors (Lipinski definition) is 1. The van der Waals surface area contributed by atoms with Crippen LogP contribution in [0, 0.1) is 21.4 Å². The molecule has 1 saturated carbocycles. The van der Waals surface area contributed by atoms with Gasteiger partial charge in [0.05, 0.1) is 18.1 Å². The van der Waals surface area contributed by atoms with Crippen LogP contribution in [0.1, 0.15) is 38.2 Å². The molecular weight excluding hydrogens is 268 g/mol. The van der Waals surface area contributed by atoms with E-state index in [2.05, 4.69) is 6.92 Å². The molecule has 0 bridgehead atoms. The smallest absolute Gasteiger partial charge is 0.273 e. The van der Waals surface area contributed by atoms with Crippen LogP contribution in [0.4, 0.5) is 5.69 Å². The second-order valence-corrected chi connectivity index (χ2v) is 6.19. The molecule has 0 aromatic heterocycles. The van der Waals surface area contributed by atoms with Gasteiger partial charge in [-0.05, 0) is 55.2 Å². The Labute approximate surface area is 125 Å². The predicted molar refractivity (Wildman–Crippen MR) is 82.5 cm³/mol. The molecule has 1 aliphatic rings. The third-order valence-electron chi connectivity index (χ3n) is 4.79. The summed E-state index contributed by atoms with van der Waals surface area (Å²) in [6.45, 7) is 2.85. The van der Waals surface area contributed by atoms with E-state index in [-0.39, 0.29) is 16.0 Å². The zero-order valence-electron chi connectivity index (χ0n) is 12.8. The Balaban J connectivity index is 2.25. The minimum atomic E-state index is -0.370. The molecule has 0 amide bonds. The van der Waals surface area contributed by atoms with E-state index in [1.54, 1.807) is 6.07 Å². The third kappa shape index (κ3) is 3.53. The quantitative estimate of drug-likeness (QED) is 0.644. The van der Waals surface area contributed by atoms with E-state index in [4.69, 9.17) is 10.5 Å². The lowest BCUT2D eigenvalue weighted by Gasteiger charge is -2.28. The Morgan fingerprint density at radius 2 is 2.24 bits per heavy atom. The molecule has 116 valence electrons. The van der Waals surface area contributed by atoms with Crippen LogP contribution < -0.4 is 10.5 Å². The topological polar surface area (TPSA) is 78.4 Å². The molecule has 2 unspecified atom stereocenters. The summed E-state index contributed by atoms with van der Waals surface area (Å²) in [4.78, 5) is 10.7. The number of ether oxygens (including phenoxy) is 1. The summed E-state index contributed by atoms with van der Waals surface area (Å²) < 4.78 is 5.18. The lowest BCUT2D eigenvalue weighted by atomic mass is 9.79. The fourth-order valence-electron chi connectivity index (χ4n) is 3.50. The van der Waals surface area contributed by atoms with Gasteiger partial charge in [0.1, 0.15) is 5.75 Å². The first-order valence-corrected chi connectivity index (χ1v) is 7.54. The van der Waals surface area contributed by atoms with Gasteiger partial charge in [0, 0.05) is 6.07 Å². The van der Waals surface area contributed by atoms with Gasteiger partial charge in [-0.3, -0.25) is 10.1 Å². The minimum absolute atomic E-state index is 0.0842. The molecule has 0 radical (unpaired) electrons. The molecule has 2 atom stereocenters. The molecular formula is C16H24N2O3. The van der Waals surface area contributed by atoms with Crippen molar-refractivity contribution in [2.75, 3.05) is 13.7 Å². The van der Waals surface area contributed by atoms with Crippen molar-refractivity contribution in [1.82, 2.24) is 0 Å². The summed E-state index contributed by atoms with van der Waals surface area (Å²) in [5.74, 6) is 1.27. The summed E-state index contributed by atoms with van der Waals surface area (Å²) >= 11 is 0. The molecule has 1 aromatic rings. The summed E-state index contributed by atoms with van der Waals surface area (Å²) in [7, 11) is 1.53. The number of nitrogens with two attached hydrogens (primary N) is 1. The van der Waals surface area contributed by atoms with E-state index in [1.165, 1.54) is 26.0 Å². The number of benzene rings is 1. The first kappa shape index (κ1) is 15.8. The van der Waals surface area contributed by atoms with Gasteiger partial charge < -0.3 is 10.5 Å². The molecule has 0 saturated heterocycles. The summed E-state index contributed by atoms with van der Waals surface area (Å²) in [5.41, 5.74) is 7.15. The summed E-state index contributed by atoms with van der Waals surface area (Å²) in [6, 6.07) is 5.00. The Morgan fingerprint density at radius 1 is 1.48 bits per heavy atom. The maximum Gasteiger partial charge on any atom is 0.273 e.